The minimum atomic E-state index is -3.59. The monoisotopic (exact) mass is 295 g/mol. The lowest BCUT2D eigenvalue weighted by atomic mass is 9.79. The van der Waals surface area contributed by atoms with E-state index in [1.54, 1.807) is 0 Å². The number of thiocarbonyl (C=S) groups is 1. The molecular formula is C9H17N3O4S2. The summed E-state index contributed by atoms with van der Waals surface area (Å²) in [7, 11) is -3.59. The number of carbonyl (C=O) groups excluding carboxylic acids is 1. The molecule has 0 aromatic heterocycles. The highest BCUT2D eigenvalue weighted by Gasteiger charge is 2.42. The van der Waals surface area contributed by atoms with Crippen molar-refractivity contribution >= 4 is 33.1 Å². The molecule has 1 aliphatic heterocycles. The van der Waals surface area contributed by atoms with Crippen molar-refractivity contribution in [3.8, 4) is 0 Å². The molecule has 0 aromatic carbocycles. The zero-order valence-corrected chi connectivity index (χ0v) is 11.5. The molecule has 0 bridgehead atoms. The van der Waals surface area contributed by atoms with Crippen LogP contribution in [0.1, 0.15) is 12.8 Å². The van der Waals surface area contributed by atoms with Crippen LogP contribution in [-0.2, 0) is 19.6 Å². The van der Waals surface area contributed by atoms with Crippen LogP contribution in [-0.4, -0.2) is 44.8 Å². The molecule has 1 amide bonds. The molecule has 18 heavy (non-hydrogen) atoms. The molecule has 0 aliphatic carbocycles. The minimum absolute atomic E-state index is 0.0527. The first-order chi connectivity index (χ1) is 8.28. The summed E-state index contributed by atoms with van der Waals surface area (Å²) in [6, 6.07) is 0. The second kappa shape index (κ2) is 5.91. The summed E-state index contributed by atoms with van der Waals surface area (Å²) in [4.78, 5) is 12.2. The summed E-state index contributed by atoms with van der Waals surface area (Å²) >= 11 is 4.95. The minimum Gasteiger partial charge on any atom is -0.392 e. The number of amides is 1. The van der Waals surface area contributed by atoms with Gasteiger partial charge in [0.2, 0.25) is 15.9 Å². The molecule has 0 unspecified atom stereocenters. The van der Waals surface area contributed by atoms with E-state index < -0.39 is 15.4 Å². The number of nitrogens with two attached hydrogens (primary N) is 2. The maximum absolute atomic E-state index is 12.1. The van der Waals surface area contributed by atoms with E-state index in [2.05, 4.69) is 5.32 Å². The zero-order chi connectivity index (χ0) is 13.8. The lowest BCUT2D eigenvalue weighted by Crippen LogP contribution is -2.52. The number of rotatable bonds is 5. The standard InChI is InChI=1S/C9H17N3O4S2/c10-7(17)9(1-4-16-5-2-9)8(13)12-3-6-18(11,14)15/h1-6H2,(H2,10,17)(H,12,13)(H2,11,14,15). The predicted molar refractivity (Wildman–Crippen MR) is 70.3 cm³/mol. The van der Waals surface area contributed by atoms with Crippen LogP contribution >= 0.6 is 12.2 Å². The Kier molecular flexibility index (Phi) is 5.02. The molecule has 1 fully saturated rings. The van der Waals surface area contributed by atoms with Gasteiger partial charge in [0.25, 0.3) is 0 Å². The van der Waals surface area contributed by atoms with Crippen molar-refractivity contribution in [1.82, 2.24) is 5.32 Å². The maximum Gasteiger partial charge on any atom is 0.233 e. The summed E-state index contributed by atoms with van der Waals surface area (Å²) in [6.07, 6.45) is 0.813. The molecule has 7 nitrogen and oxygen atoms in total. The van der Waals surface area contributed by atoms with Gasteiger partial charge in [0.05, 0.1) is 10.7 Å². The molecule has 9 heteroatoms. The van der Waals surface area contributed by atoms with Crippen LogP contribution in [0.15, 0.2) is 0 Å². The number of ether oxygens (including phenoxy) is 1. The first-order valence-electron chi connectivity index (χ1n) is 5.44. The Morgan fingerprint density at radius 1 is 1.39 bits per heavy atom. The van der Waals surface area contributed by atoms with E-state index >= 15 is 0 Å². The van der Waals surface area contributed by atoms with Gasteiger partial charge in [-0.25, -0.2) is 13.6 Å². The molecule has 1 aliphatic rings. The van der Waals surface area contributed by atoms with E-state index in [-0.39, 0.29) is 23.2 Å². The quantitative estimate of drug-likeness (QED) is 0.529. The maximum atomic E-state index is 12.1. The van der Waals surface area contributed by atoms with Crippen molar-refractivity contribution in [3.63, 3.8) is 0 Å². The summed E-state index contributed by atoms with van der Waals surface area (Å²) in [5.74, 6) is -0.676. The highest BCUT2D eigenvalue weighted by atomic mass is 32.2. The molecule has 0 spiro atoms. The summed E-state index contributed by atoms with van der Waals surface area (Å²) in [6.45, 7) is 0.753. The Bertz CT molecular complexity index is 429. The average molecular weight is 295 g/mol. The number of sulfonamides is 1. The van der Waals surface area contributed by atoms with Gasteiger partial charge in [-0.2, -0.15) is 0 Å². The van der Waals surface area contributed by atoms with Gasteiger partial charge in [-0.1, -0.05) is 12.2 Å². The molecule has 5 N–H and O–H groups in total. The van der Waals surface area contributed by atoms with Gasteiger partial charge in [-0.05, 0) is 12.8 Å². The van der Waals surface area contributed by atoms with Crippen molar-refractivity contribution in [2.75, 3.05) is 25.5 Å². The zero-order valence-electron chi connectivity index (χ0n) is 9.85. The van der Waals surface area contributed by atoms with Crippen molar-refractivity contribution < 1.29 is 17.9 Å². The second-order valence-corrected chi connectivity index (χ2v) is 6.36. The smallest absolute Gasteiger partial charge is 0.233 e. The molecule has 1 rings (SSSR count). The van der Waals surface area contributed by atoms with Crippen LogP contribution in [0, 0.1) is 5.41 Å². The van der Waals surface area contributed by atoms with Gasteiger partial charge in [0.1, 0.15) is 5.41 Å². The Labute approximate surface area is 111 Å². The van der Waals surface area contributed by atoms with Gasteiger partial charge < -0.3 is 15.8 Å². The van der Waals surface area contributed by atoms with E-state index in [1.807, 2.05) is 0 Å². The van der Waals surface area contributed by atoms with Crippen LogP contribution in [0.2, 0.25) is 0 Å². The van der Waals surface area contributed by atoms with Crippen LogP contribution in [0.5, 0.6) is 0 Å². The highest BCUT2D eigenvalue weighted by Crippen LogP contribution is 2.31. The Hall–Kier alpha value is -0.770. The Morgan fingerprint density at radius 2 is 1.94 bits per heavy atom. The van der Waals surface area contributed by atoms with Crippen molar-refractivity contribution in [2.24, 2.45) is 16.3 Å². The van der Waals surface area contributed by atoms with E-state index in [0.717, 1.165) is 0 Å². The Balaban J connectivity index is 2.64. The fourth-order valence-corrected chi connectivity index (χ4v) is 2.46. The van der Waals surface area contributed by atoms with Gasteiger partial charge in [0, 0.05) is 19.8 Å². The van der Waals surface area contributed by atoms with Gasteiger partial charge in [-0.15, -0.1) is 0 Å². The number of hydrogen-bond donors (Lipinski definition) is 3. The average Bonchev–Trinajstić information content (AvgIpc) is 2.27. The molecule has 0 saturated carbocycles. The van der Waals surface area contributed by atoms with Gasteiger partial charge >= 0.3 is 0 Å². The Morgan fingerprint density at radius 3 is 2.39 bits per heavy atom. The molecule has 104 valence electrons. The normalized spacial score (nSPS) is 19.2. The van der Waals surface area contributed by atoms with Crippen molar-refractivity contribution in [2.45, 2.75) is 12.8 Å². The molecule has 0 atom stereocenters. The van der Waals surface area contributed by atoms with Crippen LogP contribution < -0.4 is 16.2 Å². The van der Waals surface area contributed by atoms with Crippen LogP contribution in [0.4, 0.5) is 0 Å². The number of nitrogens with one attached hydrogen (secondary N) is 1. The molecule has 0 aromatic rings. The largest absolute Gasteiger partial charge is 0.392 e. The topological polar surface area (TPSA) is 125 Å². The van der Waals surface area contributed by atoms with Gasteiger partial charge in [0.15, 0.2) is 0 Å². The van der Waals surface area contributed by atoms with Crippen LogP contribution in [0.25, 0.3) is 0 Å². The molecule has 1 heterocycles. The third-order valence-corrected chi connectivity index (χ3v) is 4.09. The molecule has 0 radical (unpaired) electrons. The van der Waals surface area contributed by atoms with Crippen LogP contribution in [0.3, 0.4) is 0 Å². The van der Waals surface area contributed by atoms with E-state index in [9.17, 15) is 13.2 Å². The molecule has 1 saturated heterocycles. The first-order valence-corrected chi connectivity index (χ1v) is 7.57. The number of hydrogen-bond acceptors (Lipinski definition) is 5. The summed E-state index contributed by atoms with van der Waals surface area (Å²) in [5.41, 5.74) is 4.69. The predicted octanol–water partition coefficient (Wildman–Crippen LogP) is -1.53. The molecular weight excluding hydrogens is 278 g/mol. The third-order valence-electron chi connectivity index (χ3n) is 2.92. The van der Waals surface area contributed by atoms with E-state index in [0.29, 0.717) is 26.1 Å². The van der Waals surface area contributed by atoms with Crippen molar-refractivity contribution in [3.05, 3.63) is 0 Å². The fourth-order valence-electron chi connectivity index (χ4n) is 1.78. The fraction of sp³-hybridized carbons (Fsp3) is 0.778. The first kappa shape index (κ1) is 15.3. The second-order valence-electron chi connectivity index (χ2n) is 4.18. The lowest BCUT2D eigenvalue weighted by Gasteiger charge is -2.34. The lowest BCUT2D eigenvalue weighted by molar-refractivity contribution is -0.131. The highest BCUT2D eigenvalue weighted by molar-refractivity contribution is 7.89. The van der Waals surface area contributed by atoms with E-state index in [4.69, 9.17) is 27.8 Å². The third kappa shape index (κ3) is 3.87. The number of primary sulfonamides is 1. The van der Waals surface area contributed by atoms with Gasteiger partial charge in [-0.3, -0.25) is 4.79 Å². The van der Waals surface area contributed by atoms with E-state index in [1.165, 1.54) is 0 Å². The summed E-state index contributed by atoms with van der Waals surface area (Å²) < 4.78 is 26.7. The van der Waals surface area contributed by atoms with Crippen molar-refractivity contribution in [1.29, 1.82) is 0 Å². The number of carbonyl (C=O) groups is 1. The SMILES string of the molecule is NC(=S)C1(C(=O)NCCS(N)(=O)=O)CCOCC1. The summed E-state index contributed by atoms with van der Waals surface area (Å²) in [5, 5.41) is 7.35.